The van der Waals surface area contributed by atoms with E-state index >= 15 is 0 Å². The smallest absolute Gasteiger partial charge is 0.408 e. The summed E-state index contributed by atoms with van der Waals surface area (Å²) in [6.45, 7) is 15.1. The lowest BCUT2D eigenvalue weighted by Crippen LogP contribution is -2.53. The van der Waals surface area contributed by atoms with E-state index in [1.807, 2.05) is 6.07 Å². The van der Waals surface area contributed by atoms with Crippen molar-refractivity contribution in [2.75, 3.05) is 6.54 Å². The number of rotatable bonds is 11. The maximum absolute atomic E-state index is 13.6. The Kier molecular flexibility index (Phi) is 11.4. The molecule has 0 aliphatic rings. The summed E-state index contributed by atoms with van der Waals surface area (Å²) < 4.78 is 5.32. The lowest BCUT2D eigenvalue weighted by molar-refractivity contribution is -0.139. The normalized spacial score (nSPS) is 12.8. The molecule has 186 valence electrons. The fourth-order valence-corrected chi connectivity index (χ4v) is 3.32. The van der Waals surface area contributed by atoms with Gasteiger partial charge in [-0.05, 0) is 50.3 Å². The van der Waals surface area contributed by atoms with Crippen molar-refractivity contribution in [3.8, 4) is 12.5 Å². The minimum absolute atomic E-state index is 0.302. The van der Waals surface area contributed by atoms with Gasteiger partial charge in [-0.1, -0.05) is 70.9 Å². The van der Waals surface area contributed by atoms with Crippen LogP contribution in [0.25, 0.3) is 6.08 Å². The van der Waals surface area contributed by atoms with Crippen LogP contribution in [0.1, 0.15) is 78.0 Å². The second-order valence-electron chi connectivity index (χ2n) is 9.48. The topological polar surface area (TPSA) is 87.7 Å². The third-order valence-electron chi connectivity index (χ3n) is 5.03. The molecular weight excluding hydrogens is 430 g/mol. The van der Waals surface area contributed by atoms with E-state index in [0.717, 1.165) is 29.7 Å². The first-order valence-electron chi connectivity index (χ1n) is 11.7. The average molecular weight is 470 g/mol. The van der Waals surface area contributed by atoms with Gasteiger partial charge in [0.2, 0.25) is 5.91 Å². The number of ether oxygens (including phenoxy) is 1. The molecule has 0 aliphatic heterocycles. The molecule has 1 aromatic carbocycles. The van der Waals surface area contributed by atoms with Crippen LogP contribution in [-0.2, 0) is 14.3 Å². The monoisotopic (exact) mass is 469 g/mol. The van der Waals surface area contributed by atoms with Crippen LogP contribution >= 0.6 is 0 Å². The van der Waals surface area contributed by atoms with Crippen LogP contribution in [0.2, 0.25) is 0 Å². The molecule has 2 N–H and O–H groups in total. The fraction of sp³-hybridized carbons (Fsp3) is 0.519. The van der Waals surface area contributed by atoms with E-state index in [0.29, 0.717) is 12.1 Å². The minimum atomic E-state index is -1.07. The van der Waals surface area contributed by atoms with Crippen molar-refractivity contribution >= 4 is 24.0 Å². The number of hydrogen-bond donors (Lipinski definition) is 2. The maximum atomic E-state index is 13.6. The fourth-order valence-electron chi connectivity index (χ4n) is 3.32. The van der Waals surface area contributed by atoms with E-state index in [4.69, 9.17) is 11.2 Å². The third kappa shape index (κ3) is 8.93. The van der Waals surface area contributed by atoms with Crippen molar-refractivity contribution in [1.82, 2.24) is 15.5 Å². The van der Waals surface area contributed by atoms with Crippen LogP contribution in [-0.4, -0.2) is 41.0 Å². The summed E-state index contributed by atoms with van der Waals surface area (Å²) in [6, 6.07) is 7.47. The van der Waals surface area contributed by atoms with Crippen molar-refractivity contribution in [3.63, 3.8) is 0 Å². The van der Waals surface area contributed by atoms with Crippen molar-refractivity contribution < 1.29 is 19.1 Å². The molecular formula is C27H39N3O4. The quantitative estimate of drug-likeness (QED) is 0.281. The van der Waals surface area contributed by atoms with Crippen LogP contribution in [0, 0.1) is 18.4 Å². The van der Waals surface area contributed by atoms with E-state index in [9.17, 15) is 14.4 Å². The summed E-state index contributed by atoms with van der Waals surface area (Å²) >= 11 is 0. The second-order valence-corrected chi connectivity index (χ2v) is 9.48. The standard InChI is InChI=1S/C27H39N3O4/c1-9-12-13-17-28-24(31)23(21-16-14-15-20(10-2)18-21)30(11-3)25(32)22(19(4)5)29-26(33)34-27(6,7)8/h3,10,14-16,18-19,22-23H,2,9,12-13,17H2,1,4-8H3,(H,28,31)(H,29,33). The lowest BCUT2D eigenvalue weighted by atomic mass is 9.98. The van der Waals surface area contributed by atoms with Gasteiger partial charge in [0, 0.05) is 12.6 Å². The number of amides is 3. The Morgan fingerprint density at radius 3 is 2.44 bits per heavy atom. The Morgan fingerprint density at radius 2 is 1.91 bits per heavy atom. The van der Waals surface area contributed by atoms with Gasteiger partial charge < -0.3 is 15.4 Å². The second kappa shape index (κ2) is 13.4. The molecule has 2 unspecified atom stereocenters. The number of hydrogen-bond acceptors (Lipinski definition) is 4. The zero-order valence-corrected chi connectivity index (χ0v) is 21.3. The first kappa shape index (κ1) is 28.8. The predicted octanol–water partition coefficient (Wildman–Crippen LogP) is 4.65. The van der Waals surface area contributed by atoms with E-state index < -0.39 is 29.7 Å². The number of nitrogens with zero attached hydrogens (tertiary/aromatic N) is 1. The SMILES string of the molecule is C#CN(C(=O)C(NC(=O)OC(C)(C)C)C(C)C)C(C(=O)NCCCCC)c1cccc(C=C)c1. The summed E-state index contributed by atoms with van der Waals surface area (Å²) in [6.07, 6.45) is 9.51. The van der Waals surface area contributed by atoms with E-state index in [1.165, 1.54) is 0 Å². The molecule has 7 heteroatoms. The van der Waals surface area contributed by atoms with Crippen LogP contribution in [0.3, 0.4) is 0 Å². The van der Waals surface area contributed by atoms with Crippen molar-refractivity contribution in [3.05, 3.63) is 42.0 Å². The molecule has 0 heterocycles. The molecule has 0 aliphatic carbocycles. The molecule has 0 aromatic heterocycles. The summed E-state index contributed by atoms with van der Waals surface area (Å²) in [5, 5.41) is 5.52. The van der Waals surface area contributed by atoms with Crippen LogP contribution in [0.5, 0.6) is 0 Å². The van der Waals surface area contributed by atoms with Gasteiger partial charge in [-0.2, -0.15) is 0 Å². The zero-order valence-electron chi connectivity index (χ0n) is 21.3. The molecule has 1 aromatic rings. The van der Waals surface area contributed by atoms with Gasteiger partial charge in [0.05, 0.1) is 0 Å². The number of alkyl carbamates (subject to hydrolysis) is 1. The van der Waals surface area contributed by atoms with Gasteiger partial charge in [0.1, 0.15) is 17.7 Å². The largest absolute Gasteiger partial charge is 0.444 e. The number of carbonyl (C=O) groups excluding carboxylic acids is 3. The molecule has 0 fully saturated rings. The number of terminal acetylenes is 1. The molecule has 7 nitrogen and oxygen atoms in total. The lowest BCUT2D eigenvalue weighted by Gasteiger charge is -2.32. The number of unbranched alkanes of at least 4 members (excludes halogenated alkanes) is 2. The highest BCUT2D eigenvalue weighted by atomic mass is 16.6. The van der Waals surface area contributed by atoms with E-state index in [-0.39, 0.29) is 11.8 Å². The van der Waals surface area contributed by atoms with Gasteiger partial charge in [-0.25, -0.2) is 4.79 Å². The number of carbonyl (C=O) groups is 3. The zero-order chi connectivity index (χ0) is 25.9. The van der Waals surface area contributed by atoms with Gasteiger partial charge >= 0.3 is 6.09 Å². The molecule has 0 saturated carbocycles. The Hall–Kier alpha value is -3.27. The summed E-state index contributed by atoms with van der Waals surface area (Å²) in [5.41, 5.74) is 0.612. The molecule has 0 radical (unpaired) electrons. The number of benzene rings is 1. The van der Waals surface area contributed by atoms with Crippen LogP contribution in [0.4, 0.5) is 4.79 Å². The van der Waals surface area contributed by atoms with Crippen molar-refractivity contribution in [2.24, 2.45) is 5.92 Å². The highest BCUT2D eigenvalue weighted by molar-refractivity contribution is 5.93. The molecule has 0 saturated heterocycles. The predicted molar refractivity (Wildman–Crippen MR) is 135 cm³/mol. The Labute approximate surface area is 204 Å². The average Bonchev–Trinajstić information content (AvgIpc) is 2.76. The van der Waals surface area contributed by atoms with E-state index in [2.05, 4.69) is 30.2 Å². The van der Waals surface area contributed by atoms with E-state index in [1.54, 1.807) is 58.9 Å². The molecule has 0 bridgehead atoms. The van der Waals surface area contributed by atoms with Gasteiger partial charge in [-0.3, -0.25) is 14.5 Å². The van der Waals surface area contributed by atoms with Crippen LogP contribution < -0.4 is 10.6 Å². The van der Waals surface area contributed by atoms with Gasteiger partial charge in [0.15, 0.2) is 0 Å². The third-order valence-corrected chi connectivity index (χ3v) is 5.03. The molecule has 0 spiro atoms. The first-order valence-corrected chi connectivity index (χ1v) is 11.7. The highest BCUT2D eigenvalue weighted by Crippen LogP contribution is 2.24. The molecule has 34 heavy (non-hydrogen) atoms. The first-order chi connectivity index (χ1) is 15.9. The Bertz CT molecular complexity index is 896. The van der Waals surface area contributed by atoms with Crippen LogP contribution in [0.15, 0.2) is 30.8 Å². The molecule has 2 atom stereocenters. The Balaban J connectivity index is 3.32. The Morgan fingerprint density at radius 1 is 1.24 bits per heavy atom. The highest BCUT2D eigenvalue weighted by Gasteiger charge is 2.37. The molecule has 1 rings (SSSR count). The van der Waals surface area contributed by atoms with Crippen molar-refractivity contribution in [1.29, 1.82) is 0 Å². The minimum Gasteiger partial charge on any atom is -0.444 e. The summed E-state index contributed by atoms with van der Waals surface area (Å²) in [4.78, 5) is 40.3. The van der Waals surface area contributed by atoms with Gasteiger partial charge in [-0.15, -0.1) is 0 Å². The molecule has 3 amide bonds. The van der Waals surface area contributed by atoms with Crippen molar-refractivity contribution in [2.45, 2.75) is 78.5 Å². The summed E-state index contributed by atoms with van der Waals surface area (Å²) in [7, 11) is 0. The maximum Gasteiger partial charge on any atom is 0.408 e. The summed E-state index contributed by atoms with van der Waals surface area (Å²) in [5.74, 6) is -1.26. The van der Waals surface area contributed by atoms with Gasteiger partial charge in [0.25, 0.3) is 5.91 Å². The number of nitrogens with one attached hydrogen (secondary N) is 2.